The van der Waals surface area contributed by atoms with Crippen molar-refractivity contribution in [2.45, 2.75) is 33.7 Å². The van der Waals surface area contributed by atoms with Crippen molar-refractivity contribution < 1.29 is 14.4 Å². The van der Waals surface area contributed by atoms with E-state index in [1.165, 1.54) is 0 Å². The first-order chi connectivity index (χ1) is 8.54. The van der Waals surface area contributed by atoms with E-state index in [1.807, 2.05) is 25.3 Å². The van der Waals surface area contributed by atoms with E-state index in [1.54, 1.807) is 12.3 Å². The Kier molecular flexibility index (Phi) is 3.23. The van der Waals surface area contributed by atoms with Crippen molar-refractivity contribution in [1.82, 2.24) is 9.72 Å². The standard InChI is InChI=1S/C13H16N2O3/c1-4-12-10(13(16)17)5-6-15(12)7-11-8(2)14-18-9(11)3/h5-6H,4,7H2,1-3H3,(H,16,17). The minimum absolute atomic E-state index is 0.365. The lowest BCUT2D eigenvalue weighted by atomic mass is 10.2. The zero-order valence-electron chi connectivity index (χ0n) is 10.7. The molecule has 2 aromatic heterocycles. The molecule has 0 bridgehead atoms. The average Bonchev–Trinajstić information content (AvgIpc) is 2.87. The zero-order chi connectivity index (χ0) is 13.3. The van der Waals surface area contributed by atoms with Crippen LogP contribution in [0.25, 0.3) is 0 Å². The van der Waals surface area contributed by atoms with Crippen molar-refractivity contribution in [3.63, 3.8) is 0 Å². The van der Waals surface area contributed by atoms with Gasteiger partial charge in [-0.1, -0.05) is 12.1 Å². The minimum atomic E-state index is -0.885. The number of hydrogen-bond donors (Lipinski definition) is 1. The van der Waals surface area contributed by atoms with Gasteiger partial charge in [-0.2, -0.15) is 0 Å². The molecule has 2 rings (SSSR count). The molecule has 96 valence electrons. The molecule has 0 fully saturated rings. The van der Waals surface area contributed by atoms with E-state index >= 15 is 0 Å². The summed E-state index contributed by atoms with van der Waals surface area (Å²) >= 11 is 0. The van der Waals surface area contributed by atoms with Crippen LogP contribution in [-0.2, 0) is 13.0 Å². The van der Waals surface area contributed by atoms with Gasteiger partial charge >= 0.3 is 5.97 Å². The van der Waals surface area contributed by atoms with Gasteiger partial charge in [0.1, 0.15) is 5.76 Å². The highest BCUT2D eigenvalue weighted by Gasteiger charge is 2.16. The Morgan fingerprint density at radius 3 is 2.72 bits per heavy atom. The largest absolute Gasteiger partial charge is 0.478 e. The Hall–Kier alpha value is -2.04. The van der Waals surface area contributed by atoms with E-state index in [0.717, 1.165) is 22.7 Å². The lowest BCUT2D eigenvalue weighted by molar-refractivity contribution is 0.0695. The number of carbonyl (C=O) groups is 1. The van der Waals surface area contributed by atoms with Gasteiger partial charge in [0, 0.05) is 17.5 Å². The number of aryl methyl sites for hydroxylation is 2. The summed E-state index contributed by atoms with van der Waals surface area (Å²) in [5.41, 5.74) is 3.05. The smallest absolute Gasteiger partial charge is 0.337 e. The molecule has 0 spiro atoms. The quantitative estimate of drug-likeness (QED) is 0.902. The molecule has 0 saturated carbocycles. The van der Waals surface area contributed by atoms with Gasteiger partial charge in [0.05, 0.1) is 17.8 Å². The maximum Gasteiger partial charge on any atom is 0.337 e. The normalized spacial score (nSPS) is 10.8. The average molecular weight is 248 g/mol. The first kappa shape index (κ1) is 12.4. The highest BCUT2D eigenvalue weighted by Crippen LogP contribution is 2.18. The summed E-state index contributed by atoms with van der Waals surface area (Å²) in [5, 5.41) is 13.0. The molecule has 0 atom stereocenters. The summed E-state index contributed by atoms with van der Waals surface area (Å²) in [5.74, 6) is -0.107. The van der Waals surface area contributed by atoms with E-state index in [0.29, 0.717) is 18.5 Å². The van der Waals surface area contributed by atoms with Crippen LogP contribution in [0.15, 0.2) is 16.8 Å². The summed E-state index contributed by atoms with van der Waals surface area (Å²) in [4.78, 5) is 11.1. The Balaban J connectivity index is 2.38. The van der Waals surface area contributed by atoms with Crippen LogP contribution >= 0.6 is 0 Å². The van der Waals surface area contributed by atoms with Crippen LogP contribution in [-0.4, -0.2) is 20.8 Å². The zero-order valence-corrected chi connectivity index (χ0v) is 10.7. The number of rotatable bonds is 4. The van der Waals surface area contributed by atoms with Crippen molar-refractivity contribution in [2.24, 2.45) is 0 Å². The molecule has 1 N–H and O–H groups in total. The van der Waals surface area contributed by atoms with Crippen LogP contribution in [0, 0.1) is 13.8 Å². The third kappa shape index (κ3) is 2.03. The van der Waals surface area contributed by atoms with Gasteiger partial charge < -0.3 is 14.2 Å². The molecule has 2 heterocycles. The monoisotopic (exact) mass is 248 g/mol. The number of carboxylic acids is 1. The summed E-state index contributed by atoms with van der Waals surface area (Å²) in [7, 11) is 0. The summed E-state index contributed by atoms with van der Waals surface area (Å²) in [6, 6.07) is 1.64. The molecule has 2 aromatic rings. The Morgan fingerprint density at radius 2 is 2.22 bits per heavy atom. The molecule has 0 aromatic carbocycles. The molecule has 0 aliphatic heterocycles. The van der Waals surface area contributed by atoms with Crippen molar-refractivity contribution in [3.8, 4) is 0 Å². The van der Waals surface area contributed by atoms with Crippen LogP contribution in [0.5, 0.6) is 0 Å². The SMILES string of the molecule is CCc1c(C(=O)O)ccn1Cc1c(C)noc1C. The highest BCUT2D eigenvalue weighted by atomic mass is 16.5. The molecule has 5 nitrogen and oxygen atoms in total. The fourth-order valence-electron chi connectivity index (χ4n) is 2.14. The molecule has 0 aliphatic rings. The predicted molar refractivity (Wildman–Crippen MR) is 65.8 cm³/mol. The number of hydrogen-bond acceptors (Lipinski definition) is 3. The molecule has 0 unspecified atom stereocenters. The van der Waals surface area contributed by atoms with E-state index < -0.39 is 5.97 Å². The van der Waals surface area contributed by atoms with Crippen LogP contribution in [0.4, 0.5) is 0 Å². The number of aromatic nitrogens is 2. The fraction of sp³-hybridized carbons (Fsp3) is 0.385. The lowest BCUT2D eigenvalue weighted by Crippen LogP contribution is -2.07. The second kappa shape index (κ2) is 4.68. The lowest BCUT2D eigenvalue weighted by Gasteiger charge is -2.08. The molecule has 5 heteroatoms. The Morgan fingerprint density at radius 1 is 1.50 bits per heavy atom. The second-order valence-electron chi connectivity index (χ2n) is 4.27. The van der Waals surface area contributed by atoms with Crippen molar-refractivity contribution in [2.75, 3.05) is 0 Å². The Labute approximate surface area is 105 Å². The number of carboxylic acid groups (broad SMARTS) is 1. The van der Waals surface area contributed by atoms with Gasteiger partial charge in [0.15, 0.2) is 0 Å². The highest BCUT2D eigenvalue weighted by molar-refractivity contribution is 5.89. The topological polar surface area (TPSA) is 68.3 Å². The first-order valence-corrected chi connectivity index (χ1v) is 5.87. The van der Waals surface area contributed by atoms with Gasteiger partial charge in [-0.3, -0.25) is 0 Å². The van der Waals surface area contributed by atoms with Gasteiger partial charge in [0.25, 0.3) is 0 Å². The summed E-state index contributed by atoms with van der Waals surface area (Å²) < 4.78 is 7.06. The molecule has 18 heavy (non-hydrogen) atoms. The van der Waals surface area contributed by atoms with Crippen LogP contribution in [0.2, 0.25) is 0 Å². The molecule has 0 amide bonds. The van der Waals surface area contributed by atoms with Gasteiger partial charge in [-0.25, -0.2) is 4.79 Å². The van der Waals surface area contributed by atoms with E-state index in [4.69, 9.17) is 9.63 Å². The van der Waals surface area contributed by atoms with Gasteiger partial charge in [-0.15, -0.1) is 0 Å². The Bertz CT molecular complexity index is 562. The van der Waals surface area contributed by atoms with Gasteiger partial charge in [0.2, 0.25) is 0 Å². The minimum Gasteiger partial charge on any atom is -0.478 e. The van der Waals surface area contributed by atoms with Crippen LogP contribution < -0.4 is 0 Å². The number of aromatic carboxylic acids is 1. The molecule has 0 saturated heterocycles. The maximum atomic E-state index is 11.1. The molecular formula is C13H16N2O3. The van der Waals surface area contributed by atoms with E-state index in [-0.39, 0.29) is 0 Å². The third-order valence-corrected chi connectivity index (χ3v) is 3.15. The van der Waals surface area contributed by atoms with Crippen molar-refractivity contribution in [3.05, 3.63) is 40.5 Å². The summed E-state index contributed by atoms with van der Waals surface area (Å²) in [6.45, 7) is 6.30. The third-order valence-electron chi connectivity index (χ3n) is 3.15. The van der Waals surface area contributed by atoms with E-state index in [2.05, 4.69) is 5.16 Å². The first-order valence-electron chi connectivity index (χ1n) is 5.87. The van der Waals surface area contributed by atoms with Crippen molar-refractivity contribution in [1.29, 1.82) is 0 Å². The van der Waals surface area contributed by atoms with Crippen molar-refractivity contribution >= 4 is 5.97 Å². The second-order valence-corrected chi connectivity index (χ2v) is 4.27. The molecule has 0 radical (unpaired) electrons. The fourth-order valence-corrected chi connectivity index (χ4v) is 2.14. The predicted octanol–water partition coefficient (Wildman–Crippen LogP) is 2.40. The van der Waals surface area contributed by atoms with Gasteiger partial charge in [-0.05, 0) is 26.3 Å². The molecular weight excluding hydrogens is 232 g/mol. The van der Waals surface area contributed by atoms with E-state index in [9.17, 15) is 4.79 Å². The molecule has 0 aliphatic carbocycles. The van der Waals surface area contributed by atoms with Crippen LogP contribution in [0.1, 0.15) is 40.0 Å². The van der Waals surface area contributed by atoms with Crippen LogP contribution in [0.3, 0.4) is 0 Å². The number of nitrogens with zero attached hydrogens (tertiary/aromatic N) is 2. The maximum absolute atomic E-state index is 11.1. The summed E-state index contributed by atoms with van der Waals surface area (Å²) in [6.07, 6.45) is 2.48.